The lowest BCUT2D eigenvalue weighted by Gasteiger charge is -2.24. The number of fused-ring (bicyclic) bond motifs is 9. The summed E-state index contributed by atoms with van der Waals surface area (Å²) >= 11 is 3.36. The van der Waals surface area contributed by atoms with Crippen LogP contribution in [0.2, 0.25) is 0 Å². The number of nitrogens with zero attached hydrogens (tertiary/aromatic N) is 4. The lowest BCUT2D eigenvalue weighted by Crippen LogP contribution is -2.16. The third kappa shape index (κ3) is 5.85. The molecule has 3 aliphatic rings. The number of aryl methyl sites for hydroxylation is 2. The molecule has 0 radical (unpaired) electrons. The van der Waals surface area contributed by atoms with E-state index in [0.717, 1.165) is 60.7 Å². The molecule has 0 bridgehead atoms. The summed E-state index contributed by atoms with van der Waals surface area (Å²) in [5.41, 5.74) is 13.6. The van der Waals surface area contributed by atoms with Crippen LogP contribution in [0.4, 0.5) is 0 Å². The van der Waals surface area contributed by atoms with Crippen LogP contribution < -0.4 is 0 Å². The summed E-state index contributed by atoms with van der Waals surface area (Å²) < 4.78 is 59.1. The van der Waals surface area contributed by atoms with Gasteiger partial charge in [0.05, 0.1) is 53.0 Å². The van der Waals surface area contributed by atoms with Gasteiger partial charge in [-0.25, -0.2) is 26.8 Å². The molecular formula is C59H43BrN4O4S2. The fourth-order valence-corrected chi connectivity index (χ4v) is 15.4. The number of benzene rings is 9. The molecule has 0 amide bonds. The van der Waals surface area contributed by atoms with E-state index in [-0.39, 0.29) is 5.41 Å². The van der Waals surface area contributed by atoms with E-state index in [2.05, 4.69) is 139 Å². The van der Waals surface area contributed by atoms with Crippen LogP contribution >= 0.6 is 15.9 Å². The van der Waals surface area contributed by atoms with Crippen LogP contribution in [-0.2, 0) is 37.9 Å². The fraction of sp³-hybridized carbons (Fsp3) is 0.119. The molecule has 2 aliphatic heterocycles. The van der Waals surface area contributed by atoms with E-state index in [1.807, 2.05) is 52.5 Å². The normalized spacial score (nSPS) is 15.0. The molecule has 11 heteroatoms. The van der Waals surface area contributed by atoms with Gasteiger partial charge >= 0.3 is 0 Å². The lowest BCUT2D eigenvalue weighted by molar-refractivity contribution is 0.592. The summed E-state index contributed by atoms with van der Waals surface area (Å²) in [4.78, 5) is 10.7. The van der Waals surface area contributed by atoms with Gasteiger partial charge in [0, 0.05) is 22.7 Å². The van der Waals surface area contributed by atoms with Gasteiger partial charge < -0.3 is 0 Å². The number of halogens is 1. The topological polar surface area (TPSA) is 104 Å². The smallest absolute Gasteiger partial charge is 0.210 e. The highest BCUT2D eigenvalue weighted by Crippen LogP contribution is 2.52. The van der Waals surface area contributed by atoms with Gasteiger partial charge in [-0.2, -0.15) is 0 Å². The van der Waals surface area contributed by atoms with Gasteiger partial charge in [-0.15, -0.1) is 0 Å². The van der Waals surface area contributed by atoms with Crippen LogP contribution in [0.3, 0.4) is 0 Å². The fourth-order valence-electron chi connectivity index (χ4n) is 11.5. The first kappa shape index (κ1) is 42.9. The maximum Gasteiger partial charge on any atom is 0.210 e. The maximum atomic E-state index is 14.3. The van der Waals surface area contributed by atoms with E-state index in [4.69, 9.17) is 4.98 Å². The highest BCUT2D eigenvalue weighted by molar-refractivity contribution is 9.10. The molecule has 9 aromatic carbocycles. The van der Waals surface area contributed by atoms with Crippen molar-refractivity contribution in [3.8, 4) is 44.8 Å². The van der Waals surface area contributed by atoms with E-state index in [1.165, 1.54) is 33.4 Å². The number of hydrogen-bond donors (Lipinski definition) is 0. The zero-order valence-electron chi connectivity index (χ0n) is 38.6. The zero-order chi connectivity index (χ0) is 48.0. The molecule has 0 fully saturated rings. The second-order valence-corrected chi connectivity index (χ2v) is 23.4. The minimum Gasteiger partial charge on any atom is -0.294 e. The van der Waals surface area contributed by atoms with Crippen molar-refractivity contribution in [2.75, 3.05) is 0 Å². The van der Waals surface area contributed by atoms with Crippen molar-refractivity contribution in [3.05, 3.63) is 191 Å². The van der Waals surface area contributed by atoms with E-state index in [9.17, 15) is 16.8 Å². The van der Waals surface area contributed by atoms with Crippen molar-refractivity contribution in [3.63, 3.8) is 0 Å². The molecule has 11 aromatic rings. The molecule has 2 aromatic heterocycles. The summed E-state index contributed by atoms with van der Waals surface area (Å²) in [5.74, 6) is 1.73. The first-order valence-electron chi connectivity index (χ1n) is 23.5. The monoisotopic (exact) mass is 1010 g/mol. The second kappa shape index (κ2) is 15.2. The van der Waals surface area contributed by atoms with Crippen LogP contribution in [-0.4, -0.2) is 35.9 Å². The van der Waals surface area contributed by atoms with E-state index >= 15 is 0 Å². The molecule has 0 saturated carbocycles. The third-order valence-corrected chi connectivity index (χ3v) is 18.8. The number of para-hydroxylation sites is 2. The van der Waals surface area contributed by atoms with Gasteiger partial charge in [0.15, 0.2) is 0 Å². The average molecular weight is 1020 g/mol. The summed E-state index contributed by atoms with van der Waals surface area (Å²) in [6, 6.07) is 54.7. The van der Waals surface area contributed by atoms with Crippen molar-refractivity contribution < 1.29 is 16.8 Å². The third-order valence-electron chi connectivity index (χ3n) is 14.7. The number of aromatic nitrogens is 4. The Kier molecular flexibility index (Phi) is 9.29. The Bertz CT molecular complexity index is 4300. The van der Waals surface area contributed by atoms with Crippen LogP contribution in [0.1, 0.15) is 50.5 Å². The van der Waals surface area contributed by atoms with E-state index in [1.54, 1.807) is 30.3 Å². The molecular weight excluding hydrogens is 973 g/mol. The van der Waals surface area contributed by atoms with Crippen LogP contribution in [0, 0.1) is 0 Å². The number of imidazole rings is 2. The molecule has 0 saturated heterocycles. The van der Waals surface area contributed by atoms with Crippen molar-refractivity contribution in [1.29, 1.82) is 0 Å². The summed E-state index contributed by atoms with van der Waals surface area (Å²) in [7, 11) is -7.31. The van der Waals surface area contributed by atoms with Gasteiger partial charge in [0.2, 0.25) is 19.7 Å². The van der Waals surface area contributed by atoms with Crippen LogP contribution in [0.25, 0.3) is 88.4 Å². The highest BCUT2D eigenvalue weighted by Gasteiger charge is 2.37. The predicted molar refractivity (Wildman–Crippen MR) is 283 cm³/mol. The Balaban J connectivity index is 0.000000190. The molecule has 342 valence electrons. The predicted octanol–water partition coefficient (Wildman–Crippen LogP) is 14.2. The van der Waals surface area contributed by atoms with Crippen molar-refractivity contribution >= 4 is 79.2 Å². The number of sulfone groups is 2. The quantitative estimate of drug-likeness (QED) is 0.163. The molecule has 8 nitrogen and oxygen atoms in total. The zero-order valence-corrected chi connectivity index (χ0v) is 41.8. The van der Waals surface area contributed by atoms with E-state index in [0.29, 0.717) is 53.9 Å². The first-order valence-corrected chi connectivity index (χ1v) is 27.2. The first-order chi connectivity index (χ1) is 33.8. The van der Waals surface area contributed by atoms with E-state index < -0.39 is 19.7 Å². The summed E-state index contributed by atoms with van der Waals surface area (Å²) in [6.07, 6.45) is 1.43. The Hall–Kier alpha value is -7.18. The lowest BCUT2D eigenvalue weighted by atomic mass is 9.80. The molecule has 0 atom stereocenters. The van der Waals surface area contributed by atoms with Crippen molar-refractivity contribution in [2.24, 2.45) is 0 Å². The van der Waals surface area contributed by atoms with Gasteiger partial charge in [-0.05, 0) is 127 Å². The number of rotatable bonds is 4. The Morgan fingerprint density at radius 2 is 0.929 bits per heavy atom. The molecule has 0 N–H and O–H groups in total. The Labute approximate surface area is 413 Å². The summed E-state index contributed by atoms with van der Waals surface area (Å²) in [6.45, 7) is 8.72. The van der Waals surface area contributed by atoms with Crippen LogP contribution in [0.15, 0.2) is 188 Å². The second-order valence-electron chi connectivity index (χ2n) is 18.8. The number of hydrogen-bond acceptors (Lipinski definition) is 6. The summed E-state index contributed by atoms with van der Waals surface area (Å²) in [5, 5.41) is 4.46. The maximum absolute atomic E-state index is 14.3. The minimum atomic E-state index is -3.79. The molecule has 0 unspecified atom stereocenters. The Morgan fingerprint density at radius 3 is 1.47 bits per heavy atom. The Morgan fingerprint density at radius 1 is 0.471 bits per heavy atom. The SMILES string of the molecule is CCc1nc2cccc3c2n1-c1ccc(-c2c4ccccc4c(-c4ccc5c(c4)C(C)(C)c4ccccc4-5)c4ccccc24)cc1S3(=O)=O.CCc1nc2cccc3c2n1-c1ccc(Br)cc1S3(=O)=O. The van der Waals surface area contributed by atoms with Gasteiger partial charge in [-0.1, -0.05) is 147 Å². The minimum absolute atomic E-state index is 0.112. The average Bonchev–Trinajstić information content (AvgIpc) is 4.02. The molecule has 0 spiro atoms. The molecule has 4 heterocycles. The molecule has 70 heavy (non-hydrogen) atoms. The van der Waals surface area contributed by atoms with Crippen LogP contribution in [0.5, 0.6) is 0 Å². The van der Waals surface area contributed by atoms with Gasteiger partial charge in [-0.3, -0.25) is 9.13 Å². The van der Waals surface area contributed by atoms with Gasteiger partial charge in [0.25, 0.3) is 0 Å². The highest BCUT2D eigenvalue weighted by atomic mass is 79.9. The largest absolute Gasteiger partial charge is 0.294 e. The standard InChI is InChI=1S/C44H32N2O2S.C15H11BrN2O2S/c1-4-40-45-36-18-11-19-38-43(36)46(40)37-23-21-27(25-39(37)49(38,47)48)42-32-15-7-5-13-30(32)41(31-14-6-8-16-33(31)42)26-20-22-29-28-12-9-10-17-34(28)44(2,3)35(29)24-26;1-2-14-17-10-4-3-5-12-15(10)18(14)11-7-6-9(16)8-13(11)21(12,19)20/h5-25H,4H2,1-3H3;3-8H,2H2,1H3. The molecule has 14 rings (SSSR count). The van der Waals surface area contributed by atoms with Crippen molar-refractivity contribution in [2.45, 2.75) is 65.5 Å². The molecule has 1 aliphatic carbocycles. The van der Waals surface area contributed by atoms with Crippen molar-refractivity contribution in [1.82, 2.24) is 19.1 Å². The van der Waals surface area contributed by atoms with Gasteiger partial charge in [0.1, 0.15) is 11.6 Å².